The topological polar surface area (TPSA) is 63.6 Å². The molecule has 6 nitrogen and oxygen atoms in total. The lowest BCUT2D eigenvalue weighted by atomic mass is 10.3. The largest absolute Gasteiger partial charge is 0.495 e. The minimum Gasteiger partial charge on any atom is -0.495 e. The third-order valence-electron chi connectivity index (χ3n) is 3.81. The molecule has 1 N–H and O–H groups in total. The van der Waals surface area contributed by atoms with Crippen LogP contribution in [0.5, 0.6) is 5.75 Å². The van der Waals surface area contributed by atoms with Gasteiger partial charge in [-0.1, -0.05) is 12.1 Å². The molecule has 1 aromatic carbocycles. The quantitative estimate of drug-likeness (QED) is 0.764. The molecule has 2 rings (SSSR count). The van der Waals surface area contributed by atoms with Crippen LogP contribution in [0.15, 0.2) is 41.0 Å². The van der Waals surface area contributed by atoms with Crippen LogP contribution in [-0.2, 0) is 11.3 Å². The van der Waals surface area contributed by atoms with E-state index in [1.807, 2.05) is 36.7 Å². The van der Waals surface area contributed by atoms with Crippen LogP contribution in [-0.4, -0.2) is 41.5 Å². The molecule has 134 valence electrons. The van der Waals surface area contributed by atoms with Gasteiger partial charge in [0, 0.05) is 23.8 Å². The van der Waals surface area contributed by atoms with Crippen LogP contribution in [0.1, 0.15) is 24.3 Å². The van der Waals surface area contributed by atoms with Gasteiger partial charge in [-0.2, -0.15) is 0 Å². The van der Waals surface area contributed by atoms with E-state index in [0.29, 0.717) is 30.2 Å². The van der Waals surface area contributed by atoms with E-state index in [1.54, 1.807) is 25.3 Å². The van der Waals surface area contributed by atoms with Gasteiger partial charge in [-0.05, 0) is 48.0 Å². The summed E-state index contributed by atoms with van der Waals surface area (Å²) in [7, 11) is 1.55. The molecule has 25 heavy (non-hydrogen) atoms. The molecule has 2 amide bonds. The number of hydrogen-bond donors (Lipinski definition) is 1. The number of halogens is 1. The van der Waals surface area contributed by atoms with Crippen LogP contribution in [0.4, 0.5) is 5.69 Å². The molecular formula is C18H22BrN3O3. The fraction of sp³-hybridized carbons (Fsp3) is 0.333. The SMILES string of the molecule is CCN(CC(=O)Nc1ccccc1OC)C(=O)c1cc(Br)cn1CC. The van der Waals surface area contributed by atoms with Crippen molar-refractivity contribution in [3.05, 3.63) is 46.7 Å². The van der Waals surface area contributed by atoms with E-state index in [0.717, 1.165) is 4.47 Å². The smallest absolute Gasteiger partial charge is 0.270 e. The number of methoxy groups -OCH3 is 1. The number of anilines is 1. The number of nitrogens with one attached hydrogen (secondary N) is 1. The molecule has 1 heterocycles. The fourth-order valence-corrected chi connectivity index (χ4v) is 2.98. The van der Waals surface area contributed by atoms with Gasteiger partial charge in [0.1, 0.15) is 18.0 Å². The van der Waals surface area contributed by atoms with Gasteiger partial charge < -0.3 is 19.5 Å². The molecule has 0 radical (unpaired) electrons. The highest BCUT2D eigenvalue weighted by molar-refractivity contribution is 9.10. The predicted octanol–water partition coefficient (Wildman–Crippen LogP) is 3.38. The molecular weight excluding hydrogens is 386 g/mol. The minimum atomic E-state index is -0.270. The number of hydrogen-bond acceptors (Lipinski definition) is 3. The number of benzene rings is 1. The Labute approximate surface area is 155 Å². The molecule has 7 heteroatoms. The maximum absolute atomic E-state index is 12.8. The summed E-state index contributed by atoms with van der Waals surface area (Å²) in [6.45, 7) is 4.90. The van der Waals surface area contributed by atoms with Crippen molar-refractivity contribution < 1.29 is 14.3 Å². The molecule has 0 aliphatic rings. The first-order chi connectivity index (χ1) is 12.0. The first-order valence-corrected chi connectivity index (χ1v) is 8.87. The lowest BCUT2D eigenvalue weighted by Gasteiger charge is -2.21. The van der Waals surface area contributed by atoms with Crippen LogP contribution >= 0.6 is 15.9 Å². The zero-order valence-electron chi connectivity index (χ0n) is 14.6. The molecule has 0 unspecified atom stereocenters. The van der Waals surface area contributed by atoms with Gasteiger partial charge in [-0.15, -0.1) is 0 Å². The van der Waals surface area contributed by atoms with Crippen LogP contribution in [0, 0.1) is 0 Å². The number of rotatable bonds is 7. The summed E-state index contributed by atoms with van der Waals surface area (Å²) >= 11 is 3.39. The Morgan fingerprint density at radius 2 is 2.00 bits per heavy atom. The van der Waals surface area contributed by atoms with E-state index in [2.05, 4.69) is 21.2 Å². The summed E-state index contributed by atoms with van der Waals surface area (Å²) in [4.78, 5) is 26.6. The Balaban J connectivity index is 2.10. The van der Waals surface area contributed by atoms with Crippen molar-refractivity contribution in [2.75, 3.05) is 25.5 Å². The summed E-state index contributed by atoms with van der Waals surface area (Å²) in [6.07, 6.45) is 1.86. The third kappa shape index (κ3) is 4.63. The molecule has 2 aromatic rings. The Bertz CT molecular complexity index is 758. The van der Waals surface area contributed by atoms with Gasteiger partial charge in [0.05, 0.1) is 12.8 Å². The van der Waals surface area contributed by atoms with Crippen molar-refractivity contribution in [1.82, 2.24) is 9.47 Å². The Hall–Kier alpha value is -2.28. The van der Waals surface area contributed by atoms with Gasteiger partial charge in [0.25, 0.3) is 5.91 Å². The van der Waals surface area contributed by atoms with Crippen molar-refractivity contribution in [1.29, 1.82) is 0 Å². The van der Waals surface area contributed by atoms with Gasteiger partial charge in [0.15, 0.2) is 0 Å². The standard InChI is InChI=1S/C18H22BrN3O3/c1-4-21-11-13(19)10-15(21)18(24)22(5-2)12-17(23)20-14-8-6-7-9-16(14)25-3/h6-11H,4-5,12H2,1-3H3,(H,20,23). The summed E-state index contributed by atoms with van der Waals surface area (Å²) in [5.41, 5.74) is 1.14. The van der Waals surface area contributed by atoms with E-state index < -0.39 is 0 Å². The van der Waals surface area contributed by atoms with Gasteiger partial charge in [-0.3, -0.25) is 9.59 Å². The normalized spacial score (nSPS) is 10.4. The third-order valence-corrected chi connectivity index (χ3v) is 4.24. The van der Waals surface area contributed by atoms with E-state index in [-0.39, 0.29) is 18.4 Å². The number of aryl methyl sites for hydroxylation is 1. The Morgan fingerprint density at radius 3 is 2.64 bits per heavy atom. The second kappa shape index (κ2) is 8.71. The second-order valence-electron chi connectivity index (χ2n) is 5.40. The van der Waals surface area contributed by atoms with E-state index in [1.165, 1.54) is 4.90 Å². The zero-order chi connectivity index (χ0) is 18.4. The lowest BCUT2D eigenvalue weighted by molar-refractivity contribution is -0.116. The number of carbonyl (C=O) groups excluding carboxylic acids is 2. The monoisotopic (exact) mass is 407 g/mol. The number of aromatic nitrogens is 1. The maximum Gasteiger partial charge on any atom is 0.270 e. The number of nitrogens with zero attached hydrogens (tertiary/aromatic N) is 2. The first-order valence-electron chi connectivity index (χ1n) is 8.07. The second-order valence-corrected chi connectivity index (χ2v) is 6.31. The average Bonchev–Trinajstić information content (AvgIpc) is 3.00. The molecule has 0 aliphatic carbocycles. The van der Waals surface area contributed by atoms with Crippen LogP contribution < -0.4 is 10.1 Å². The van der Waals surface area contributed by atoms with Crippen LogP contribution in [0.2, 0.25) is 0 Å². The highest BCUT2D eigenvalue weighted by Crippen LogP contribution is 2.23. The minimum absolute atomic E-state index is 0.0279. The molecule has 0 bridgehead atoms. The fourth-order valence-electron chi connectivity index (χ4n) is 2.52. The molecule has 1 aromatic heterocycles. The highest BCUT2D eigenvalue weighted by atomic mass is 79.9. The molecule has 0 fully saturated rings. The van der Waals surface area contributed by atoms with Crippen molar-refractivity contribution in [2.45, 2.75) is 20.4 Å². The van der Waals surface area contributed by atoms with E-state index in [9.17, 15) is 9.59 Å². The van der Waals surface area contributed by atoms with Crippen molar-refractivity contribution >= 4 is 33.4 Å². The van der Waals surface area contributed by atoms with Gasteiger partial charge in [0.2, 0.25) is 5.91 Å². The van der Waals surface area contributed by atoms with Crippen molar-refractivity contribution in [3.8, 4) is 5.75 Å². The van der Waals surface area contributed by atoms with E-state index >= 15 is 0 Å². The van der Waals surface area contributed by atoms with Crippen LogP contribution in [0.25, 0.3) is 0 Å². The summed E-state index contributed by atoms with van der Waals surface area (Å²) in [6, 6.07) is 8.94. The predicted molar refractivity (Wildman–Crippen MR) is 101 cm³/mol. The molecule has 0 atom stereocenters. The Morgan fingerprint density at radius 1 is 1.28 bits per heavy atom. The zero-order valence-corrected chi connectivity index (χ0v) is 16.2. The maximum atomic E-state index is 12.8. The summed E-state index contributed by atoms with van der Waals surface area (Å²) in [5, 5.41) is 2.79. The molecule has 0 saturated carbocycles. The Kier molecular flexibility index (Phi) is 6.64. The van der Waals surface area contributed by atoms with Crippen molar-refractivity contribution in [2.24, 2.45) is 0 Å². The molecule has 0 spiro atoms. The van der Waals surface area contributed by atoms with E-state index in [4.69, 9.17) is 4.74 Å². The molecule has 0 saturated heterocycles. The lowest BCUT2D eigenvalue weighted by Crippen LogP contribution is -2.38. The number of para-hydroxylation sites is 2. The van der Waals surface area contributed by atoms with Crippen molar-refractivity contribution in [3.63, 3.8) is 0 Å². The van der Waals surface area contributed by atoms with Gasteiger partial charge >= 0.3 is 0 Å². The number of amides is 2. The number of likely N-dealkylation sites (N-methyl/N-ethyl adjacent to an activating group) is 1. The summed E-state index contributed by atoms with van der Waals surface area (Å²) in [5.74, 6) is 0.132. The number of ether oxygens (including phenoxy) is 1. The highest BCUT2D eigenvalue weighted by Gasteiger charge is 2.21. The average molecular weight is 408 g/mol. The summed E-state index contributed by atoms with van der Waals surface area (Å²) < 4.78 is 7.92. The number of carbonyl (C=O) groups is 2. The first kappa shape index (κ1) is 19.1. The van der Waals surface area contributed by atoms with Crippen LogP contribution in [0.3, 0.4) is 0 Å². The van der Waals surface area contributed by atoms with Gasteiger partial charge in [-0.25, -0.2) is 0 Å². The molecule has 0 aliphatic heterocycles.